The van der Waals surface area contributed by atoms with Crippen LogP contribution in [0.25, 0.3) is 0 Å². The molecule has 1 fully saturated rings. The Kier molecular flexibility index (Phi) is 5.73. The minimum Gasteiger partial charge on any atom is -0.383 e. The zero-order valence-electron chi connectivity index (χ0n) is 11.3. The van der Waals surface area contributed by atoms with Crippen molar-refractivity contribution < 1.29 is 4.74 Å². The van der Waals surface area contributed by atoms with E-state index in [1.807, 2.05) is 0 Å². The molecule has 1 aliphatic carbocycles. The van der Waals surface area contributed by atoms with Gasteiger partial charge in [0.25, 0.3) is 0 Å². The fourth-order valence-corrected chi connectivity index (χ4v) is 2.71. The molecule has 0 heterocycles. The lowest BCUT2D eigenvalue weighted by molar-refractivity contribution is 0.107. The molecule has 4 unspecified atom stereocenters. The fourth-order valence-electron chi connectivity index (χ4n) is 2.71. The Labute approximate surface area is 100 Å². The number of nitrogens with two attached hydrogens (primary N) is 1. The summed E-state index contributed by atoms with van der Waals surface area (Å²) in [6.45, 7) is 6.35. The molecule has 1 rings (SSSR count). The van der Waals surface area contributed by atoms with E-state index in [2.05, 4.69) is 25.8 Å². The first kappa shape index (κ1) is 13.9. The highest BCUT2D eigenvalue weighted by Crippen LogP contribution is 2.31. The lowest BCUT2D eigenvalue weighted by Crippen LogP contribution is -2.45. The normalized spacial score (nSPS) is 33.0. The van der Waals surface area contributed by atoms with Gasteiger partial charge in [0, 0.05) is 25.7 Å². The minimum absolute atomic E-state index is 0.143. The summed E-state index contributed by atoms with van der Waals surface area (Å²) in [5, 5.41) is 0. The van der Waals surface area contributed by atoms with Crippen LogP contribution in [0.2, 0.25) is 0 Å². The molecule has 1 aliphatic rings. The molecular formula is C13H28N2O. The Balaban J connectivity index is 2.33. The summed E-state index contributed by atoms with van der Waals surface area (Å²) in [4.78, 5) is 2.42. The molecule has 96 valence electrons. The van der Waals surface area contributed by atoms with Gasteiger partial charge in [-0.1, -0.05) is 13.8 Å². The first-order valence-electron chi connectivity index (χ1n) is 6.49. The molecule has 0 aromatic rings. The molecular weight excluding hydrogens is 200 g/mol. The molecule has 16 heavy (non-hydrogen) atoms. The van der Waals surface area contributed by atoms with Crippen molar-refractivity contribution in [1.29, 1.82) is 0 Å². The van der Waals surface area contributed by atoms with E-state index in [0.717, 1.165) is 18.4 Å². The molecule has 0 amide bonds. The van der Waals surface area contributed by atoms with E-state index in [0.29, 0.717) is 12.6 Å². The molecule has 1 saturated carbocycles. The van der Waals surface area contributed by atoms with Gasteiger partial charge in [0.05, 0.1) is 6.61 Å². The number of methoxy groups -OCH3 is 1. The second-order valence-electron chi connectivity index (χ2n) is 5.58. The van der Waals surface area contributed by atoms with Crippen molar-refractivity contribution in [3.8, 4) is 0 Å². The van der Waals surface area contributed by atoms with Gasteiger partial charge >= 0.3 is 0 Å². The fraction of sp³-hybridized carbons (Fsp3) is 1.00. The van der Waals surface area contributed by atoms with Gasteiger partial charge in [0.15, 0.2) is 0 Å². The van der Waals surface area contributed by atoms with Crippen LogP contribution in [0.3, 0.4) is 0 Å². The maximum absolute atomic E-state index is 5.99. The SMILES string of the molecule is COCC(N)CN(C)C1CCC(C)C(C)C1. The molecule has 3 nitrogen and oxygen atoms in total. The maximum Gasteiger partial charge on any atom is 0.0626 e. The van der Waals surface area contributed by atoms with Crippen LogP contribution in [-0.4, -0.2) is 44.3 Å². The average Bonchev–Trinajstić information content (AvgIpc) is 2.22. The number of rotatable bonds is 5. The van der Waals surface area contributed by atoms with Crippen molar-refractivity contribution in [3.05, 3.63) is 0 Å². The van der Waals surface area contributed by atoms with Gasteiger partial charge in [-0.05, 0) is 38.1 Å². The Morgan fingerprint density at radius 1 is 1.31 bits per heavy atom. The van der Waals surface area contributed by atoms with Crippen LogP contribution >= 0.6 is 0 Å². The molecule has 4 atom stereocenters. The third-order valence-corrected chi connectivity index (χ3v) is 4.10. The number of likely N-dealkylation sites (N-methyl/N-ethyl adjacent to an activating group) is 1. The Bertz CT molecular complexity index is 198. The molecule has 2 N–H and O–H groups in total. The molecule has 3 heteroatoms. The number of ether oxygens (including phenoxy) is 1. The van der Waals surface area contributed by atoms with Crippen LogP contribution in [0.15, 0.2) is 0 Å². The minimum atomic E-state index is 0.143. The van der Waals surface area contributed by atoms with E-state index in [1.165, 1.54) is 19.3 Å². The summed E-state index contributed by atoms with van der Waals surface area (Å²) < 4.78 is 5.08. The first-order valence-corrected chi connectivity index (χ1v) is 6.49. The quantitative estimate of drug-likeness (QED) is 0.778. The Morgan fingerprint density at radius 2 is 2.00 bits per heavy atom. The standard InChI is InChI=1S/C13H28N2O/c1-10-5-6-13(7-11(10)2)15(3)8-12(14)9-16-4/h10-13H,5-9,14H2,1-4H3. The largest absolute Gasteiger partial charge is 0.383 e. The van der Waals surface area contributed by atoms with Crippen LogP contribution in [0, 0.1) is 11.8 Å². The summed E-state index contributed by atoms with van der Waals surface area (Å²) in [5.74, 6) is 1.73. The second-order valence-corrected chi connectivity index (χ2v) is 5.58. The van der Waals surface area contributed by atoms with Crippen LogP contribution in [0.4, 0.5) is 0 Å². The predicted molar refractivity (Wildman–Crippen MR) is 68.4 cm³/mol. The highest BCUT2D eigenvalue weighted by atomic mass is 16.5. The molecule has 0 radical (unpaired) electrons. The van der Waals surface area contributed by atoms with Crippen molar-refractivity contribution in [1.82, 2.24) is 4.90 Å². The Morgan fingerprint density at radius 3 is 2.56 bits per heavy atom. The van der Waals surface area contributed by atoms with Crippen LogP contribution in [-0.2, 0) is 4.74 Å². The molecule has 0 aromatic carbocycles. The van der Waals surface area contributed by atoms with Gasteiger partial charge in [-0.2, -0.15) is 0 Å². The van der Waals surface area contributed by atoms with Gasteiger partial charge in [-0.3, -0.25) is 0 Å². The molecule has 0 spiro atoms. The first-order chi connectivity index (χ1) is 7.54. The van der Waals surface area contributed by atoms with E-state index < -0.39 is 0 Å². The van der Waals surface area contributed by atoms with Gasteiger partial charge < -0.3 is 15.4 Å². The average molecular weight is 228 g/mol. The topological polar surface area (TPSA) is 38.5 Å². The highest BCUT2D eigenvalue weighted by molar-refractivity contribution is 4.82. The summed E-state index contributed by atoms with van der Waals surface area (Å²) in [6, 6.07) is 0.860. The highest BCUT2D eigenvalue weighted by Gasteiger charge is 2.27. The summed E-state index contributed by atoms with van der Waals surface area (Å²) >= 11 is 0. The van der Waals surface area contributed by atoms with Crippen LogP contribution < -0.4 is 5.73 Å². The second kappa shape index (κ2) is 6.58. The van der Waals surface area contributed by atoms with Crippen LogP contribution in [0.5, 0.6) is 0 Å². The third-order valence-electron chi connectivity index (χ3n) is 4.10. The molecule has 0 aliphatic heterocycles. The lowest BCUT2D eigenvalue weighted by atomic mass is 9.78. The zero-order valence-corrected chi connectivity index (χ0v) is 11.3. The van der Waals surface area contributed by atoms with Crippen molar-refractivity contribution in [2.24, 2.45) is 17.6 Å². The van der Waals surface area contributed by atoms with Crippen molar-refractivity contribution in [3.63, 3.8) is 0 Å². The van der Waals surface area contributed by atoms with Crippen molar-refractivity contribution in [2.45, 2.75) is 45.2 Å². The lowest BCUT2D eigenvalue weighted by Gasteiger charge is -2.38. The third kappa shape index (κ3) is 4.04. The van der Waals surface area contributed by atoms with E-state index in [9.17, 15) is 0 Å². The summed E-state index contributed by atoms with van der Waals surface area (Å²) in [7, 11) is 3.91. The van der Waals surface area contributed by atoms with Gasteiger partial charge in [0.1, 0.15) is 0 Å². The molecule has 0 aromatic heterocycles. The predicted octanol–water partition coefficient (Wildman–Crippen LogP) is 1.72. The molecule has 0 bridgehead atoms. The van der Waals surface area contributed by atoms with E-state index in [1.54, 1.807) is 7.11 Å². The van der Waals surface area contributed by atoms with Gasteiger partial charge in [-0.15, -0.1) is 0 Å². The van der Waals surface area contributed by atoms with E-state index in [4.69, 9.17) is 10.5 Å². The Hall–Kier alpha value is -0.120. The maximum atomic E-state index is 5.99. The summed E-state index contributed by atoms with van der Waals surface area (Å²) in [6.07, 6.45) is 3.99. The van der Waals surface area contributed by atoms with Crippen molar-refractivity contribution in [2.75, 3.05) is 27.3 Å². The van der Waals surface area contributed by atoms with E-state index >= 15 is 0 Å². The van der Waals surface area contributed by atoms with Gasteiger partial charge in [0.2, 0.25) is 0 Å². The zero-order chi connectivity index (χ0) is 12.1. The number of hydrogen-bond donors (Lipinski definition) is 1. The number of hydrogen-bond acceptors (Lipinski definition) is 3. The molecule has 0 saturated heterocycles. The summed E-state index contributed by atoms with van der Waals surface area (Å²) in [5.41, 5.74) is 5.99. The van der Waals surface area contributed by atoms with Crippen molar-refractivity contribution >= 4 is 0 Å². The van der Waals surface area contributed by atoms with E-state index in [-0.39, 0.29) is 6.04 Å². The number of nitrogens with zero attached hydrogens (tertiary/aromatic N) is 1. The van der Waals surface area contributed by atoms with Gasteiger partial charge in [-0.25, -0.2) is 0 Å². The smallest absolute Gasteiger partial charge is 0.0626 e. The monoisotopic (exact) mass is 228 g/mol. The van der Waals surface area contributed by atoms with Crippen LogP contribution in [0.1, 0.15) is 33.1 Å².